The van der Waals surface area contributed by atoms with Crippen LogP contribution in [0.25, 0.3) is 5.78 Å². The van der Waals surface area contributed by atoms with Gasteiger partial charge in [-0.05, 0) is 51.1 Å². The minimum absolute atomic E-state index is 0.123. The molecule has 1 aromatic carbocycles. The first-order valence-corrected chi connectivity index (χ1v) is 8.62. The second-order valence-electron chi connectivity index (χ2n) is 5.40. The summed E-state index contributed by atoms with van der Waals surface area (Å²) in [4.78, 5) is 21.0. The average Bonchev–Trinajstić information content (AvgIpc) is 2.92. The maximum absolute atomic E-state index is 12.3. The number of halogens is 1. The Morgan fingerprint density at radius 3 is 2.67 bits per heavy atom. The molecular weight excluding hydrogens is 346 g/mol. The zero-order valence-corrected chi connectivity index (χ0v) is 15.0. The Morgan fingerprint density at radius 2 is 1.96 bits per heavy atom. The second kappa shape index (κ2) is 6.78. The van der Waals surface area contributed by atoms with Crippen molar-refractivity contribution in [2.75, 3.05) is 5.32 Å². The summed E-state index contributed by atoms with van der Waals surface area (Å²) in [5.41, 5.74) is 2.54. The Bertz CT molecular complexity index is 893. The van der Waals surface area contributed by atoms with Gasteiger partial charge in [-0.25, -0.2) is 9.50 Å². The number of aryl methyl sites for hydroxylation is 2. The molecule has 3 rings (SSSR count). The highest BCUT2D eigenvalue weighted by atomic mass is 35.5. The van der Waals surface area contributed by atoms with Crippen LogP contribution in [0.5, 0.6) is 0 Å². The highest BCUT2D eigenvalue weighted by molar-refractivity contribution is 8.00. The van der Waals surface area contributed by atoms with Gasteiger partial charge in [0.05, 0.1) is 5.25 Å². The van der Waals surface area contributed by atoms with Crippen LogP contribution in [-0.2, 0) is 4.79 Å². The van der Waals surface area contributed by atoms with Crippen molar-refractivity contribution in [3.05, 3.63) is 46.7 Å². The first kappa shape index (κ1) is 16.7. The number of carbonyl (C=O) groups is 1. The Hall–Kier alpha value is -2.12. The number of aromatic nitrogens is 4. The van der Waals surface area contributed by atoms with Gasteiger partial charge >= 0.3 is 0 Å². The SMILES string of the molecule is Cc1cc(C)n2nc(S[C@H](C)C(=O)Nc3ccc(Cl)cc3)nc2n1. The first-order chi connectivity index (χ1) is 11.4. The van der Waals surface area contributed by atoms with Crippen molar-refractivity contribution in [1.29, 1.82) is 0 Å². The number of nitrogens with one attached hydrogen (secondary N) is 1. The van der Waals surface area contributed by atoms with E-state index >= 15 is 0 Å². The molecule has 1 N–H and O–H groups in total. The lowest BCUT2D eigenvalue weighted by Gasteiger charge is -2.10. The van der Waals surface area contributed by atoms with E-state index in [0.717, 1.165) is 11.4 Å². The normalized spacial score (nSPS) is 12.3. The van der Waals surface area contributed by atoms with Crippen LogP contribution >= 0.6 is 23.4 Å². The largest absolute Gasteiger partial charge is 0.325 e. The summed E-state index contributed by atoms with van der Waals surface area (Å²) in [7, 11) is 0. The molecule has 6 nitrogen and oxygen atoms in total. The van der Waals surface area contributed by atoms with Crippen LogP contribution in [0, 0.1) is 13.8 Å². The second-order valence-corrected chi connectivity index (χ2v) is 7.15. The summed E-state index contributed by atoms with van der Waals surface area (Å²) >= 11 is 7.13. The van der Waals surface area contributed by atoms with Crippen LogP contribution < -0.4 is 5.32 Å². The van der Waals surface area contributed by atoms with E-state index in [2.05, 4.69) is 20.4 Å². The van der Waals surface area contributed by atoms with Crippen LogP contribution in [0.15, 0.2) is 35.5 Å². The molecule has 0 saturated carbocycles. The number of hydrogen-bond donors (Lipinski definition) is 1. The zero-order chi connectivity index (χ0) is 17.3. The standard InChI is InChI=1S/C16H16ClN5OS/c1-9-8-10(2)22-15(18-9)20-16(21-22)24-11(3)14(23)19-13-6-4-12(17)5-7-13/h4-8,11H,1-3H3,(H,19,23)/t11-/m1/s1. The van der Waals surface area contributed by atoms with Gasteiger partial charge < -0.3 is 5.32 Å². The third kappa shape index (κ3) is 3.68. The molecular formula is C16H16ClN5OS. The third-order valence-corrected chi connectivity index (χ3v) is 4.57. The van der Waals surface area contributed by atoms with Gasteiger partial charge in [-0.15, -0.1) is 5.10 Å². The smallest absolute Gasteiger partial charge is 0.253 e. The Morgan fingerprint density at radius 1 is 1.25 bits per heavy atom. The van der Waals surface area contributed by atoms with Crippen LogP contribution in [0.4, 0.5) is 5.69 Å². The van der Waals surface area contributed by atoms with Gasteiger partial charge in [-0.2, -0.15) is 4.98 Å². The van der Waals surface area contributed by atoms with Crippen LogP contribution in [0.2, 0.25) is 5.02 Å². The predicted octanol–water partition coefficient (Wildman–Crippen LogP) is 3.51. The summed E-state index contributed by atoms with van der Waals surface area (Å²) in [5, 5.41) is 8.05. The number of benzene rings is 1. The van der Waals surface area contributed by atoms with Crippen molar-refractivity contribution in [3.8, 4) is 0 Å². The van der Waals surface area contributed by atoms with E-state index in [0.29, 0.717) is 21.6 Å². The number of anilines is 1. The molecule has 24 heavy (non-hydrogen) atoms. The summed E-state index contributed by atoms with van der Waals surface area (Å²) in [5.74, 6) is 0.419. The van der Waals surface area contributed by atoms with Gasteiger partial charge in [-0.3, -0.25) is 4.79 Å². The fourth-order valence-corrected chi connectivity index (χ4v) is 3.06. The molecule has 0 bridgehead atoms. The van der Waals surface area contributed by atoms with Crippen molar-refractivity contribution in [2.45, 2.75) is 31.2 Å². The molecule has 8 heteroatoms. The van der Waals surface area contributed by atoms with Gasteiger partial charge in [0.1, 0.15) is 0 Å². The molecule has 0 aliphatic carbocycles. The fourth-order valence-electron chi connectivity index (χ4n) is 2.19. The van der Waals surface area contributed by atoms with E-state index < -0.39 is 0 Å². The fraction of sp³-hybridized carbons (Fsp3) is 0.250. The molecule has 0 aliphatic rings. The van der Waals surface area contributed by atoms with Crippen LogP contribution in [0.3, 0.4) is 0 Å². The van der Waals surface area contributed by atoms with Gasteiger partial charge in [0, 0.05) is 22.1 Å². The van der Waals surface area contributed by atoms with Crippen molar-refractivity contribution < 1.29 is 4.79 Å². The maximum atomic E-state index is 12.3. The summed E-state index contributed by atoms with van der Waals surface area (Å²) in [6.07, 6.45) is 0. The van der Waals surface area contributed by atoms with E-state index in [1.807, 2.05) is 26.8 Å². The van der Waals surface area contributed by atoms with Gasteiger partial charge in [0.2, 0.25) is 11.1 Å². The predicted molar refractivity (Wildman–Crippen MR) is 95.7 cm³/mol. The minimum Gasteiger partial charge on any atom is -0.325 e. The van der Waals surface area contributed by atoms with Crippen LogP contribution in [-0.4, -0.2) is 30.7 Å². The number of amides is 1. The Kier molecular flexibility index (Phi) is 4.73. The lowest BCUT2D eigenvalue weighted by molar-refractivity contribution is -0.115. The summed E-state index contributed by atoms with van der Waals surface area (Å²) in [6, 6.07) is 8.92. The molecule has 0 aliphatic heterocycles. The monoisotopic (exact) mass is 361 g/mol. The number of hydrogen-bond acceptors (Lipinski definition) is 5. The first-order valence-electron chi connectivity index (χ1n) is 7.36. The van der Waals surface area contributed by atoms with Crippen LogP contribution in [0.1, 0.15) is 18.3 Å². The minimum atomic E-state index is -0.348. The number of nitrogens with zero attached hydrogens (tertiary/aromatic N) is 4. The van der Waals surface area contributed by atoms with Crippen molar-refractivity contribution in [3.63, 3.8) is 0 Å². The van der Waals surface area contributed by atoms with Gasteiger partial charge in [-0.1, -0.05) is 23.4 Å². The molecule has 0 radical (unpaired) electrons. The summed E-state index contributed by atoms with van der Waals surface area (Å²) in [6.45, 7) is 5.67. The molecule has 2 aromatic heterocycles. The lowest BCUT2D eigenvalue weighted by Crippen LogP contribution is -2.22. The molecule has 0 unspecified atom stereocenters. The van der Waals surface area contributed by atoms with E-state index in [9.17, 15) is 4.79 Å². The van der Waals surface area contributed by atoms with E-state index in [1.165, 1.54) is 11.8 Å². The molecule has 0 fully saturated rings. The van der Waals surface area contributed by atoms with Gasteiger partial charge in [0.25, 0.3) is 5.78 Å². The lowest BCUT2D eigenvalue weighted by atomic mass is 10.3. The number of carbonyl (C=O) groups excluding carboxylic acids is 1. The molecule has 0 saturated heterocycles. The van der Waals surface area contributed by atoms with Crippen molar-refractivity contribution in [1.82, 2.24) is 19.6 Å². The molecule has 1 amide bonds. The molecule has 2 heterocycles. The molecule has 0 spiro atoms. The van der Waals surface area contributed by atoms with Crippen molar-refractivity contribution in [2.24, 2.45) is 0 Å². The van der Waals surface area contributed by atoms with Crippen molar-refractivity contribution >= 4 is 40.7 Å². The number of rotatable bonds is 4. The summed E-state index contributed by atoms with van der Waals surface area (Å²) < 4.78 is 1.68. The highest BCUT2D eigenvalue weighted by Gasteiger charge is 2.18. The molecule has 1 atom stereocenters. The molecule has 124 valence electrons. The van der Waals surface area contributed by atoms with E-state index in [4.69, 9.17) is 11.6 Å². The Balaban J connectivity index is 1.72. The van der Waals surface area contributed by atoms with E-state index in [1.54, 1.807) is 28.8 Å². The quantitative estimate of drug-likeness (QED) is 0.720. The highest BCUT2D eigenvalue weighted by Crippen LogP contribution is 2.22. The Labute approximate surface area is 148 Å². The average molecular weight is 362 g/mol. The third-order valence-electron chi connectivity index (χ3n) is 3.36. The topological polar surface area (TPSA) is 72.2 Å². The maximum Gasteiger partial charge on any atom is 0.253 e. The number of fused-ring (bicyclic) bond motifs is 1. The van der Waals surface area contributed by atoms with E-state index in [-0.39, 0.29) is 11.2 Å². The van der Waals surface area contributed by atoms with Gasteiger partial charge in [0.15, 0.2) is 0 Å². The number of thioether (sulfide) groups is 1. The molecule has 3 aromatic rings. The zero-order valence-electron chi connectivity index (χ0n) is 13.4.